The van der Waals surface area contributed by atoms with Crippen LogP contribution in [0, 0.1) is 0 Å². The van der Waals surface area contributed by atoms with Crippen LogP contribution in [-0.2, 0) is 10.8 Å². The zero-order valence-corrected chi connectivity index (χ0v) is 28.8. The van der Waals surface area contributed by atoms with Crippen molar-refractivity contribution in [2.24, 2.45) is 0 Å². The summed E-state index contributed by atoms with van der Waals surface area (Å²) in [4.78, 5) is 2.43. The number of rotatable bonds is 4. The lowest BCUT2D eigenvalue weighted by molar-refractivity contribution is 0.660. The number of hydrogen-bond donors (Lipinski definition) is 0. The highest BCUT2D eigenvalue weighted by Crippen LogP contribution is 2.56. The first-order chi connectivity index (χ1) is 24.3. The Kier molecular flexibility index (Phi) is 6.01. The highest BCUT2D eigenvalue weighted by molar-refractivity contribution is 6.10. The third-order valence-electron chi connectivity index (χ3n) is 11.4. The zero-order chi connectivity index (χ0) is 33.8. The zero-order valence-electron chi connectivity index (χ0n) is 28.8. The van der Waals surface area contributed by atoms with Gasteiger partial charge in [0.05, 0.1) is 5.69 Å². The van der Waals surface area contributed by atoms with Crippen molar-refractivity contribution >= 4 is 39.0 Å². The maximum atomic E-state index is 6.74. The number of furan rings is 1. The molecule has 1 aromatic heterocycles. The van der Waals surface area contributed by atoms with Gasteiger partial charge in [-0.05, 0) is 92.0 Å². The second-order valence-corrected chi connectivity index (χ2v) is 14.9. The van der Waals surface area contributed by atoms with E-state index < -0.39 is 0 Å². The van der Waals surface area contributed by atoms with Gasteiger partial charge in [-0.3, -0.25) is 0 Å². The molecule has 1 heterocycles. The first-order valence-corrected chi connectivity index (χ1v) is 17.6. The van der Waals surface area contributed by atoms with E-state index >= 15 is 0 Å². The van der Waals surface area contributed by atoms with Crippen molar-refractivity contribution in [1.29, 1.82) is 0 Å². The van der Waals surface area contributed by atoms with Crippen molar-refractivity contribution in [2.75, 3.05) is 4.90 Å². The lowest BCUT2D eigenvalue weighted by atomic mass is 9.78. The van der Waals surface area contributed by atoms with Crippen LogP contribution >= 0.6 is 0 Å². The smallest absolute Gasteiger partial charge is 0.159 e. The normalized spacial score (nSPS) is 14.7. The van der Waals surface area contributed by atoms with Gasteiger partial charge in [0, 0.05) is 33.0 Å². The maximum Gasteiger partial charge on any atom is 0.159 e. The van der Waals surface area contributed by atoms with E-state index in [0.29, 0.717) is 0 Å². The molecule has 2 aliphatic rings. The van der Waals surface area contributed by atoms with Crippen molar-refractivity contribution < 1.29 is 4.42 Å². The predicted octanol–water partition coefficient (Wildman–Crippen LogP) is 13.3. The van der Waals surface area contributed by atoms with Gasteiger partial charge in [-0.25, -0.2) is 0 Å². The summed E-state index contributed by atoms with van der Waals surface area (Å²) in [7, 11) is 0. The Labute approximate surface area is 293 Å². The lowest BCUT2D eigenvalue weighted by Crippen LogP contribution is -2.17. The van der Waals surface area contributed by atoms with Gasteiger partial charge >= 0.3 is 0 Å². The molecule has 0 N–H and O–H groups in total. The quantitative estimate of drug-likeness (QED) is 0.190. The van der Waals surface area contributed by atoms with Gasteiger partial charge in [0.15, 0.2) is 5.58 Å². The largest absolute Gasteiger partial charge is 0.454 e. The first kappa shape index (κ1) is 29.1. The van der Waals surface area contributed by atoms with Crippen molar-refractivity contribution in [3.8, 4) is 33.4 Å². The molecule has 0 amide bonds. The molecule has 50 heavy (non-hydrogen) atoms. The van der Waals surface area contributed by atoms with Gasteiger partial charge in [-0.15, -0.1) is 0 Å². The molecule has 0 atom stereocenters. The molecule has 7 aromatic carbocycles. The molecule has 10 rings (SSSR count). The number of nitrogens with zero attached hydrogens (tertiary/aromatic N) is 1. The SMILES string of the molecule is CC1(C)c2ccccc2-c2cc(N(c3cc(-c4ccccc4)c4c(c3)-c3ccccc3C4(C)C)c3cccc4c3oc3ccccc34)ccc21. The molecule has 0 bridgehead atoms. The minimum atomic E-state index is -0.151. The molecule has 2 heteroatoms. The van der Waals surface area contributed by atoms with Gasteiger partial charge in [0.1, 0.15) is 5.58 Å². The van der Waals surface area contributed by atoms with E-state index in [4.69, 9.17) is 4.42 Å². The molecule has 0 saturated carbocycles. The molecule has 0 saturated heterocycles. The summed E-state index contributed by atoms with van der Waals surface area (Å²) in [5.41, 5.74) is 17.9. The third-order valence-corrected chi connectivity index (χ3v) is 11.4. The van der Waals surface area contributed by atoms with Gasteiger partial charge in [0.25, 0.3) is 0 Å². The van der Waals surface area contributed by atoms with Crippen LogP contribution in [0.25, 0.3) is 55.3 Å². The summed E-state index contributed by atoms with van der Waals surface area (Å²) in [5.74, 6) is 0. The molecule has 2 nitrogen and oxygen atoms in total. The molecule has 0 radical (unpaired) electrons. The minimum Gasteiger partial charge on any atom is -0.454 e. The molecule has 0 spiro atoms. The molecule has 0 unspecified atom stereocenters. The Bertz CT molecular complexity index is 2660. The molecule has 2 aliphatic carbocycles. The van der Waals surface area contributed by atoms with Gasteiger partial charge in [-0.1, -0.05) is 143 Å². The molecule has 0 fully saturated rings. The Morgan fingerprint density at radius 2 is 1.04 bits per heavy atom. The van der Waals surface area contributed by atoms with E-state index in [2.05, 4.69) is 178 Å². The summed E-state index contributed by atoms with van der Waals surface area (Å²) in [6.07, 6.45) is 0. The molecule has 0 aliphatic heterocycles. The highest BCUT2D eigenvalue weighted by atomic mass is 16.3. The second kappa shape index (κ2) is 10.3. The van der Waals surface area contributed by atoms with E-state index in [1.807, 2.05) is 6.07 Å². The number of hydrogen-bond acceptors (Lipinski definition) is 2. The van der Waals surface area contributed by atoms with E-state index in [9.17, 15) is 0 Å². The molecule has 240 valence electrons. The predicted molar refractivity (Wildman–Crippen MR) is 209 cm³/mol. The van der Waals surface area contributed by atoms with Crippen molar-refractivity contribution in [3.05, 3.63) is 174 Å². The Balaban J connectivity index is 1.30. The third kappa shape index (κ3) is 3.96. The second-order valence-electron chi connectivity index (χ2n) is 14.9. The lowest BCUT2D eigenvalue weighted by Gasteiger charge is -2.30. The van der Waals surface area contributed by atoms with Crippen LogP contribution in [0.4, 0.5) is 17.1 Å². The Morgan fingerprint density at radius 3 is 1.84 bits per heavy atom. The summed E-state index contributed by atoms with van der Waals surface area (Å²) >= 11 is 0. The summed E-state index contributed by atoms with van der Waals surface area (Å²) in [5, 5.41) is 2.25. The van der Waals surface area contributed by atoms with Crippen molar-refractivity contribution in [3.63, 3.8) is 0 Å². The average Bonchev–Trinajstić information content (AvgIpc) is 3.72. The van der Waals surface area contributed by atoms with E-state index in [1.54, 1.807) is 0 Å². The van der Waals surface area contributed by atoms with E-state index in [1.165, 1.54) is 55.6 Å². The Morgan fingerprint density at radius 1 is 0.440 bits per heavy atom. The first-order valence-electron chi connectivity index (χ1n) is 17.6. The van der Waals surface area contributed by atoms with Crippen molar-refractivity contribution in [1.82, 2.24) is 0 Å². The molecule has 8 aromatic rings. The van der Waals surface area contributed by atoms with Crippen LogP contribution in [0.15, 0.2) is 156 Å². The van der Waals surface area contributed by atoms with E-state index in [-0.39, 0.29) is 10.8 Å². The fourth-order valence-corrected chi connectivity index (χ4v) is 9.07. The van der Waals surface area contributed by atoms with Crippen LogP contribution in [0.5, 0.6) is 0 Å². The van der Waals surface area contributed by atoms with Crippen LogP contribution in [0.2, 0.25) is 0 Å². The van der Waals surface area contributed by atoms with Gasteiger partial charge < -0.3 is 9.32 Å². The fraction of sp³-hybridized carbons (Fsp3) is 0.125. The van der Waals surface area contributed by atoms with Crippen LogP contribution in [0.3, 0.4) is 0 Å². The number of fused-ring (bicyclic) bond motifs is 9. The molecular formula is C48H37NO. The number of para-hydroxylation sites is 2. The summed E-state index contributed by atoms with van der Waals surface area (Å²) in [6.45, 7) is 9.43. The summed E-state index contributed by atoms with van der Waals surface area (Å²) < 4.78 is 6.74. The number of anilines is 3. The van der Waals surface area contributed by atoms with Crippen LogP contribution < -0.4 is 4.90 Å². The van der Waals surface area contributed by atoms with Gasteiger partial charge in [0.2, 0.25) is 0 Å². The van der Waals surface area contributed by atoms with Crippen LogP contribution in [-0.4, -0.2) is 0 Å². The standard InChI is InChI=1S/C48H37NO/c1-47(2)40-21-11-8-17-33(40)38-27-31(25-26-42(38)47)49(43-23-14-20-36-35-19-10-13-24-44(35)50-46(36)43)32-28-37(30-15-6-5-7-16-30)45-39(29-32)34-18-9-12-22-41(34)48(45,3)4/h5-29H,1-4H3. The minimum absolute atomic E-state index is 0.0720. The van der Waals surface area contributed by atoms with E-state index in [0.717, 1.165) is 39.0 Å². The Hall–Kier alpha value is -5.86. The fourth-order valence-electron chi connectivity index (χ4n) is 9.07. The molecular weight excluding hydrogens is 607 g/mol. The maximum absolute atomic E-state index is 6.74. The highest BCUT2D eigenvalue weighted by Gasteiger charge is 2.39. The van der Waals surface area contributed by atoms with Crippen molar-refractivity contribution in [2.45, 2.75) is 38.5 Å². The number of benzene rings is 7. The van der Waals surface area contributed by atoms with Crippen LogP contribution in [0.1, 0.15) is 49.9 Å². The monoisotopic (exact) mass is 643 g/mol. The average molecular weight is 644 g/mol. The van der Waals surface area contributed by atoms with Gasteiger partial charge in [-0.2, -0.15) is 0 Å². The summed E-state index contributed by atoms with van der Waals surface area (Å²) in [6, 6.07) is 55.5. The topological polar surface area (TPSA) is 16.4 Å².